The Balaban J connectivity index is 2.81. The molecule has 0 saturated carbocycles. The molecule has 1 aromatic heterocycles. The lowest BCUT2D eigenvalue weighted by Gasteiger charge is -2.00. The summed E-state index contributed by atoms with van der Waals surface area (Å²) < 4.78 is 0. The Bertz CT molecular complexity index is 288. The van der Waals surface area contributed by atoms with Gasteiger partial charge in [0.1, 0.15) is 5.69 Å². The third-order valence-electron chi connectivity index (χ3n) is 1.29. The zero-order chi connectivity index (χ0) is 8.97. The minimum atomic E-state index is -0.194. The predicted octanol–water partition coefficient (Wildman–Crippen LogP) is 1.48. The van der Waals surface area contributed by atoms with Crippen molar-refractivity contribution in [2.24, 2.45) is 0 Å². The van der Waals surface area contributed by atoms with Crippen LogP contribution in [0.3, 0.4) is 0 Å². The number of nitrogens with zero attached hydrogens (tertiary/aromatic N) is 1. The molecule has 0 unspecified atom stereocenters. The first kappa shape index (κ1) is 9.00. The maximum atomic E-state index is 11.2. The van der Waals surface area contributed by atoms with Crippen LogP contribution in [0.4, 0.5) is 0 Å². The average molecular weight is 185 g/mol. The van der Waals surface area contributed by atoms with E-state index in [1.165, 1.54) is 12.3 Å². The summed E-state index contributed by atoms with van der Waals surface area (Å²) in [5.74, 6) is -0.194. The number of pyridine rings is 1. The van der Waals surface area contributed by atoms with Crippen LogP contribution < -0.4 is 5.32 Å². The van der Waals surface area contributed by atoms with E-state index >= 15 is 0 Å². The second-order valence-corrected chi connectivity index (χ2v) is 2.66. The first-order valence-corrected chi connectivity index (χ1v) is 4.01. The molecule has 0 radical (unpaired) electrons. The third kappa shape index (κ3) is 2.20. The first-order chi connectivity index (χ1) is 5.74. The predicted molar refractivity (Wildman–Crippen MR) is 47.3 cm³/mol. The summed E-state index contributed by atoms with van der Waals surface area (Å²) in [7, 11) is 0. The van der Waals surface area contributed by atoms with Crippen molar-refractivity contribution in [1.29, 1.82) is 0 Å². The van der Waals surface area contributed by atoms with Crippen LogP contribution in [0, 0.1) is 0 Å². The fraction of sp³-hybridized carbons (Fsp3) is 0.250. The number of aromatic nitrogens is 1. The third-order valence-corrected chi connectivity index (χ3v) is 1.53. The van der Waals surface area contributed by atoms with Gasteiger partial charge in [0.05, 0.1) is 0 Å². The van der Waals surface area contributed by atoms with Crippen molar-refractivity contribution >= 4 is 17.5 Å². The van der Waals surface area contributed by atoms with Crippen molar-refractivity contribution in [3.8, 4) is 0 Å². The topological polar surface area (TPSA) is 42.0 Å². The summed E-state index contributed by atoms with van der Waals surface area (Å²) in [6, 6.07) is 3.16. The van der Waals surface area contributed by atoms with Crippen LogP contribution in [0.25, 0.3) is 0 Å². The van der Waals surface area contributed by atoms with Gasteiger partial charge in [-0.05, 0) is 19.1 Å². The van der Waals surface area contributed by atoms with E-state index in [1.54, 1.807) is 6.07 Å². The van der Waals surface area contributed by atoms with Gasteiger partial charge < -0.3 is 5.32 Å². The van der Waals surface area contributed by atoms with E-state index in [-0.39, 0.29) is 5.91 Å². The molecule has 1 amide bonds. The molecule has 0 fully saturated rings. The van der Waals surface area contributed by atoms with E-state index in [1.807, 2.05) is 6.92 Å². The van der Waals surface area contributed by atoms with Crippen LogP contribution in [0.5, 0.6) is 0 Å². The number of carbonyl (C=O) groups is 1. The van der Waals surface area contributed by atoms with Gasteiger partial charge in [-0.2, -0.15) is 0 Å². The zero-order valence-corrected chi connectivity index (χ0v) is 7.43. The highest BCUT2D eigenvalue weighted by Crippen LogP contribution is 2.07. The van der Waals surface area contributed by atoms with Crippen LogP contribution in [-0.2, 0) is 0 Å². The van der Waals surface area contributed by atoms with Crippen LogP contribution in [0.1, 0.15) is 17.4 Å². The molecule has 0 aliphatic rings. The summed E-state index contributed by atoms with van der Waals surface area (Å²) in [5.41, 5.74) is 0.351. The monoisotopic (exact) mass is 184 g/mol. The van der Waals surface area contributed by atoms with E-state index in [0.29, 0.717) is 17.3 Å². The lowest BCUT2D eigenvalue weighted by Crippen LogP contribution is -2.23. The normalized spacial score (nSPS) is 9.50. The highest BCUT2D eigenvalue weighted by atomic mass is 35.5. The molecular weight excluding hydrogens is 176 g/mol. The number of nitrogens with one attached hydrogen (secondary N) is 1. The number of hydrogen-bond donors (Lipinski definition) is 1. The molecule has 1 N–H and O–H groups in total. The second-order valence-electron chi connectivity index (χ2n) is 2.22. The van der Waals surface area contributed by atoms with Crippen LogP contribution in [0.2, 0.25) is 5.02 Å². The van der Waals surface area contributed by atoms with Gasteiger partial charge in [0.2, 0.25) is 0 Å². The molecule has 1 heterocycles. The van der Waals surface area contributed by atoms with Crippen molar-refractivity contribution in [2.75, 3.05) is 6.54 Å². The van der Waals surface area contributed by atoms with Gasteiger partial charge in [-0.15, -0.1) is 0 Å². The number of amides is 1. The SMILES string of the molecule is CCNC(=O)c1cc(Cl)ccn1. The number of rotatable bonds is 2. The molecule has 0 aliphatic heterocycles. The highest BCUT2D eigenvalue weighted by Gasteiger charge is 2.04. The Labute approximate surface area is 75.8 Å². The van der Waals surface area contributed by atoms with Gasteiger partial charge in [-0.3, -0.25) is 9.78 Å². The Hall–Kier alpha value is -1.09. The maximum Gasteiger partial charge on any atom is 0.269 e. The molecule has 0 aliphatic carbocycles. The molecule has 0 aromatic carbocycles. The maximum absolute atomic E-state index is 11.2. The van der Waals surface area contributed by atoms with Gasteiger partial charge in [0.25, 0.3) is 5.91 Å². The Morgan fingerprint density at radius 3 is 3.08 bits per heavy atom. The Kier molecular flexibility index (Phi) is 3.05. The Morgan fingerprint density at radius 1 is 1.75 bits per heavy atom. The summed E-state index contributed by atoms with van der Waals surface area (Å²) in [6.07, 6.45) is 1.51. The molecule has 1 rings (SSSR count). The van der Waals surface area contributed by atoms with Crippen molar-refractivity contribution in [3.05, 3.63) is 29.0 Å². The summed E-state index contributed by atoms with van der Waals surface area (Å²) >= 11 is 5.67. The highest BCUT2D eigenvalue weighted by molar-refractivity contribution is 6.30. The van der Waals surface area contributed by atoms with Crippen molar-refractivity contribution in [1.82, 2.24) is 10.3 Å². The van der Waals surface area contributed by atoms with E-state index in [4.69, 9.17) is 11.6 Å². The van der Waals surface area contributed by atoms with Crippen molar-refractivity contribution in [3.63, 3.8) is 0 Å². The molecule has 64 valence electrons. The van der Waals surface area contributed by atoms with Gasteiger partial charge >= 0.3 is 0 Å². The van der Waals surface area contributed by atoms with Crippen LogP contribution in [-0.4, -0.2) is 17.4 Å². The molecular formula is C8H9ClN2O. The van der Waals surface area contributed by atoms with Crippen LogP contribution in [0.15, 0.2) is 18.3 Å². The summed E-state index contributed by atoms with van der Waals surface area (Å²) in [5, 5.41) is 3.15. The Morgan fingerprint density at radius 2 is 2.50 bits per heavy atom. The molecule has 0 spiro atoms. The quantitative estimate of drug-likeness (QED) is 0.757. The number of carbonyl (C=O) groups excluding carboxylic acids is 1. The minimum absolute atomic E-state index is 0.194. The lowest BCUT2D eigenvalue weighted by molar-refractivity contribution is 0.0951. The standard InChI is InChI=1S/C8H9ClN2O/c1-2-10-8(12)7-5-6(9)3-4-11-7/h3-5H,2H2,1H3,(H,10,12). The molecule has 1 aromatic rings. The smallest absolute Gasteiger partial charge is 0.269 e. The fourth-order valence-electron chi connectivity index (χ4n) is 0.780. The zero-order valence-electron chi connectivity index (χ0n) is 6.67. The lowest BCUT2D eigenvalue weighted by atomic mass is 10.3. The molecule has 4 heteroatoms. The van der Waals surface area contributed by atoms with Crippen LogP contribution >= 0.6 is 11.6 Å². The largest absolute Gasteiger partial charge is 0.351 e. The van der Waals surface area contributed by atoms with Crippen molar-refractivity contribution < 1.29 is 4.79 Å². The van der Waals surface area contributed by atoms with E-state index in [0.717, 1.165) is 0 Å². The molecule has 0 bridgehead atoms. The van der Waals surface area contributed by atoms with Crippen molar-refractivity contribution in [2.45, 2.75) is 6.92 Å². The number of halogens is 1. The minimum Gasteiger partial charge on any atom is -0.351 e. The summed E-state index contributed by atoms with van der Waals surface area (Å²) in [6.45, 7) is 2.44. The van der Waals surface area contributed by atoms with Gasteiger partial charge in [0.15, 0.2) is 0 Å². The van der Waals surface area contributed by atoms with E-state index in [2.05, 4.69) is 10.3 Å². The molecule has 0 saturated heterocycles. The molecule has 3 nitrogen and oxygen atoms in total. The van der Waals surface area contributed by atoms with Gasteiger partial charge in [0, 0.05) is 17.8 Å². The molecule has 12 heavy (non-hydrogen) atoms. The first-order valence-electron chi connectivity index (χ1n) is 3.63. The van der Waals surface area contributed by atoms with E-state index in [9.17, 15) is 4.79 Å². The second kappa shape index (κ2) is 4.07. The average Bonchev–Trinajstić information content (AvgIpc) is 2.05. The van der Waals surface area contributed by atoms with Gasteiger partial charge in [-0.25, -0.2) is 0 Å². The fourth-order valence-corrected chi connectivity index (χ4v) is 0.940. The summed E-state index contributed by atoms with van der Waals surface area (Å²) in [4.78, 5) is 15.0. The molecule has 0 atom stereocenters. The van der Waals surface area contributed by atoms with Gasteiger partial charge in [-0.1, -0.05) is 11.6 Å². The number of hydrogen-bond acceptors (Lipinski definition) is 2. The van der Waals surface area contributed by atoms with E-state index < -0.39 is 0 Å².